The number of fused-ring (bicyclic) bond motifs is 1. The van der Waals surface area contributed by atoms with E-state index in [1.165, 1.54) is 23.9 Å². The molecule has 7 nitrogen and oxygen atoms in total. The molecule has 2 aromatic carbocycles. The molecule has 1 amide bonds. The largest absolute Gasteiger partial charge is 0.325 e. The molecule has 0 aliphatic heterocycles. The van der Waals surface area contributed by atoms with Crippen LogP contribution in [0, 0.1) is 0 Å². The van der Waals surface area contributed by atoms with Crippen molar-refractivity contribution < 1.29 is 13.2 Å². The number of primary sulfonamides is 1. The summed E-state index contributed by atoms with van der Waals surface area (Å²) in [6.45, 7) is 8.78. The number of amides is 1. The lowest BCUT2D eigenvalue weighted by Gasteiger charge is -2.16. The molecule has 1 heterocycles. The number of benzene rings is 2. The molecule has 166 valence electrons. The Balaban J connectivity index is 1.87. The molecule has 0 saturated heterocycles. The van der Waals surface area contributed by atoms with Gasteiger partial charge in [0.2, 0.25) is 15.9 Å². The number of thioether (sulfide) groups is 1. The number of nitrogens with zero attached hydrogens (tertiary/aromatic N) is 2. The van der Waals surface area contributed by atoms with Crippen molar-refractivity contribution in [2.45, 2.75) is 61.9 Å². The molecule has 0 saturated carbocycles. The van der Waals surface area contributed by atoms with Crippen LogP contribution < -0.4 is 10.5 Å². The number of sulfonamides is 1. The van der Waals surface area contributed by atoms with Crippen LogP contribution >= 0.6 is 11.8 Å². The summed E-state index contributed by atoms with van der Waals surface area (Å²) in [5.74, 6) is 0.180. The van der Waals surface area contributed by atoms with E-state index >= 15 is 0 Å². The summed E-state index contributed by atoms with van der Waals surface area (Å²) in [4.78, 5) is 17.5. The first kappa shape index (κ1) is 23.3. The Hall–Kier alpha value is -2.36. The Morgan fingerprint density at radius 3 is 2.55 bits per heavy atom. The van der Waals surface area contributed by atoms with E-state index in [9.17, 15) is 13.2 Å². The molecule has 3 aromatic rings. The highest BCUT2D eigenvalue weighted by molar-refractivity contribution is 8.00. The smallest absolute Gasteiger partial charge is 0.238 e. The summed E-state index contributed by atoms with van der Waals surface area (Å²) in [6, 6.07) is 12.5. The molecule has 31 heavy (non-hydrogen) atoms. The molecule has 0 aliphatic rings. The van der Waals surface area contributed by atoms with Crippen LogP contribution in [0.1, 0.15) is 45.6 Å². The summed E-state index contributed by atoms with van der Waals surface area (Å²) < 4.78 is 25.4. The number of carbonyl (C=O) groups is 1. The second-order valence-electron chi connectivity index (χ2n) is 7.73. The van der Waals surface area contributed by atoms with Crippen molar-refractivity contribution in [2.24, 2.45) is 5.14 Å². The number of nitrogens with two attached hydrogens (primary N) is 1. The first-order chi connectivity index (χ1) is 14.6. The van der Waals surface area contributed by atoms with Crippen LogP contribution in [-0.4, -0.2) is 29.1 Å². The van der Waals surface area contributed by atoms with Crippen molar-refractivity contribution in [2.75, 3.05) is 5.32 Å². The number of carbonyl (C=O) groups excluding carboxylic acids is 1. The van der Waals surface area contributed by atoms with Crippen LogP contribution in [0.15, 0.2) is 52.5 Å². The summed E-state index contributed by atoms with van der Waals surface area (Å²) in [5.41, 5.74) is 3.26. The number of rotatable bonds is 8. The number of para-hydroxylation sites is 1. The lowest BCUT2D eigenvalue weighted by Crippen LogP contribution is -2.23. The fourth-order valence-electron chi connectivity index (χ4n) is 3.35. The standard InChI is InChI=1S/C22H28N4O3S2/c1-5-12-26-20-11-10-16(31(23,28)29)13-19(20)25-22(26)30-15(4)21(27)24-18-9-7-6-8-17(18)14(2)3/h6-11,13-15H,5,12H2,1-4H3,(H,24,27)(H2,23,28,29). The third-order valence-electron chi connectivity index (χ3n) is 4.95. The number of anilines is 1. The minimum Gasteiger partial charge on any atom is -0.325 e. The summed E-state index contributed by atoms with van der Waals surface area (Å²) in [6.07, 6.45) is 0.873. The molecule has 3 N–H and O–H groups in total. The molecule has 3 rings (SSSR count). The molecule has 1 atom stereocenters. The van der Waals surface area contributed by atoms with Crippen LogP contribution in [0.25, 0.3) is 11.0 Å². The van der Waals surface area contributed by atoms with Gasteiger partial charge in [0.25, 0.3) is 0 Å². The summed E-state index contributed by atoms with van der Waals surface area (Å²) >= 11 is 1.35. The SMILES string of the molecule is CCCn1c(SC(C)C(=O)Nc2ccccc2C(C)C)nc2cc(S(N)(=O)=O)ccc21. The predicted octanol–water partition coefficient (Wildman–Crippen LogP) is 4.34. The maximum atomic E-state index is 12.9. The van der Waals surface area contributed by atoms with E-state index in [0.717, 1.165) is 23.2 Å². The van der Waals surface area contributed by atoms with Gasteiger partial charge in [-0.3, -0.25) is 4.79 Å². The molecule has 1 aromatic heterocycles. The third kappa shape index (κ3) is 5.28. The average molecular weight is 461 g/mol. The zero-order valence-electron chi connectivity index (χ0n) is 18.1. The Labute approximate surface area is 187 Å². The first-order valence-electron chi connectivity index (χ1n) is 10.2. The highest BCUT2D eigenvalue weighted by Crippen LogP contribution is 2.30. The quantitative estimate of drug-likeness (QED) is 0.486. The van der Waals surface area contributed by atoms with Crippen molar-refractivity contribution in [1.82, 2.24) is 9.55 Å². The van der Waals surface area contributed by atoms with Gasteiger partial charge < -0.3 is 9.88 Å². The Bertz CT molecular complexity index is 1200. The predicted molar refractivity (Wildman–Crippen MR) is 126 cm³/mol. The molecule has 0 aliphatic carbocycles. The monoisotopic (exact) mass is 460 g/mol. The molecule has 1 unspecified atom stereocenters. The molecular formula is C22H28N4O3S2. The maximum Gasteiger partial charge on any atom is 0.238 e. The highest BCUT2D eigenvalue weighted by atomic mass is 32.2. The first-order valence-corrected chi connectivity index (χ1v) is 12.6. The van der Waals surface area contributed by atoms with Crippen LogP contribution in [0.2, 0.25) is 0 Å². The Morgan fingerprint density at radius 2 is 1.90 bits per heavy atom. The van der Waals surface area contributed by atoms with Crippen molar-refractivity contribution in [3.05, 3.63) is 48.0 Å². The Kier molecular flexibility index (Phi) is 7.08. The molecule has 0 fully saturated rings. The van der Waals surface area contributed by atoms with E-state index in [0.29, 0.717) is 23.1 Å². The molecule has 0 radical (unpaired) electrons. The normalized spacial score (nSPS) is 13.0. The van der Waals surface area contributed by atoms with Gasteiger partial charge in [0.1, 0.15) is 0 Å². The zero-order chi connectivity index (χ0) is 22.8. The van der Waals surface area contributed by atoms with Crippen LogP contribution in [-0.2, 0) is 21.4 Å². The van der Waals surface area contributed by atoms with E-state index in [1.807, 2.05) is 35.8 Å². The second kappa shape index (κ2) is 9.42. The number of imidazole rings is 1. The molecule has 0 bridgehead atoms. The van der Waals surface area contributed by atoms with Gasteiger partial charge in [0, 0.05) is 12.2 Å². The number of aryl methyl sites for hydroxylation is 1. The van der Waals surface area contributed by atoms with Crippen molar-refractivity contribution in [3.63, 3.8) is 0 Å². The number of hydrogen-bond donors (Lipinski definition) is 2. The van der Waals surface area contributed by atoms with Gasteiger partial charge in [-0.15, -0.1) is 0 Å². The lowest BCUT2D eigenvalue weighted by molar-refractivity contribution is -0.115. The average Bonchev–Trinajstić information content (AvgIpc) is 3.04. The minimum absolute atomic E-state index is 0.0220. The Morgan fingerprint density at radius 1 is 1.19 bits per heavy atom. The van der Waals surface area contributed by atoms with Crippen LogP contribution in [0.5, 0.6) is 0 Å². The van der Waals surface area contributed by atoms with Gasteiger partial charge in [-0.05, 0) is 49.1 Å². The summed E-state index contributed by atoms with van der Waals surface area (Å²) in [7, 11) is -3.81. The van der Waals surface area contributed by atoms with Crippen molar-refractivity contribution in [1.29, 1.82) is 0 Å². The fraction of sp³-hybridized carbons (Fsp3) is 0.364. The second-order valence-corrected chi connectivity index (χ2v) is 10.6. The van der Waals surface area contributed by atoms with Crippen LogP contribution in [0.3, 0.4) is 0 Å². The third-order valence-corrected chi connectivity index (χ3v) is 6.95. The van der Waals surface area contributed by atoms with Crippen molar-refractivity contribution in [3.8, 4) is 0 Å². The lowest BCUT2D eigenvalue weighted by atomic mass is 10.0. The van der Waals surface area contributed by atoms with E-state index in [1.54, 1.807) is 6.07 Å². The molecular weight excluding hydrogens is 432 g/mol. The minimum atomic E-state index is -3.81. The van der Waals surface area contributed by atoms with Gasteiger partial charge >= 0.3 is 0 Å². The van der Waals surface area contributed by atoms with Gasteiger partial charge in [-0.2, -0.15) is 0 Å². The number of aromatic nitrogens is 2. The topological polar surface area (TPSA) is 107 Å². The van der Waals surface area contributed by atoms with Crippen LogP contribution in [0.4, 0.5) is 5.69 Å². The van der Waals surface area contributed by atoms with E-state index in [-0.39, 0.29) is 10.8 Å². The van der Waals surface area contributed by atoms with Gasteiger partial charge in [0.15, 0.2) is 5.16 Å². The molecule has 0 spiro atoms. The van der Waals surface area contributed by atoms with Gasteiger partial charge in [0.05, 0.1) is 21.2 Å². The van der Waals surface area contributed by atoms with E-state index in [4.69, 9.17) is 5.14 Å². The maximum absolute atomic E-state index is 12.9. The number of nitrogens with one attached hydrogen (secondary N) is 1. The van der Waals surface area contributed by atoms with Crippen molar-refractivity contribution >= 4 is 44.4 Å². The fourth-order valence-corrected chi connectivity index (χ4v) is 4.84. The zero-order valence-corrected chi connectivity index (χ0v) is 19.8. The number of hydrogen-bond acceptors (Lipinski definition) is 5. The van der Waals surface area contributed by atoms with Gasteiger partial charge in [-0.1, -0.05) is 50.7 Å². The van der Waals surface area contributed by atoms with E-state index in [2.05, 4.69) is 31.1 Å². The summed E-state index contributed by atoms with van der Waals surface area (Å²) in [5, 5.41) is 8.56. The molecule has 9 heteroatoms. The van der Waals surface area contributed by atoms with E-state index < -0.39 is 15.3 Å². The van der Waals surface area contributed by atoms with Gasteiger partial charge in [-0.25, -0.2) is 18.5 Å². The highest BCUT2D eigenvalue weighted by Gasteiger charge is 2.21.